The molecule has 2 heterocycles. The van der Waals surface area contributed by atoms with Crippen LogP contribution < -0.4 is 16.1 Å². The van der Waals surface area contributed by atoms with Crippen LogP contribution in [-0.4, -0.2) is 51.5 Å². The zero-order valence-corrected chi connectivity index (χ0v) is 15.8. The van der Waals surface area contributed by atoms with Crippen LogP contribution in [0.2, 0.25) is 0 Å². The minimum Gasteiger partial charge on any atom is -0.378 e. The Labute approximate surface area is 161 Å². The van der Waals surface area contributed by atoms with Gasteiger partial charge in [0, 0.05) is 19.8 Å². The Bertz CT molecular complexity index is 973. The van der Waals surface area contributed by atoms with E-state index in [0.29, 0.717) is 12.1 Å². The molecule has 3 N–H and O–H groups in total. The standard InChI is InChI=1S/C17H21N9O2/c1-4-5-13-14(20-24-26(13)16-15(18)22-28-23-16)17(27)21-19-10-11-6-8-12(9-7-11)25(2)3/h6-10H,4-5H2,1-3H3,(H2,18,22)(H,21,27)/b19-10+. The van der Waals surface area contributed by atoms with Crippen molar-refractivity contribution in [2.45, 2.75) is 19.8 Å². The summed E-state index contributed by atoms with van der Waals surface area (Å²) in [6.45, 7) is 1.97. The van der Waals surface area contributed by atoms with Crippen LogP contribution in [0.5, 0.6) is 0 Å². The number of nitrogen functional groups attached to an aromatic ring is 1. The second kappa shape index (κ2) is 8.29. The number of rotatable bonds is 7. The highest BCUT2D eigenvalue weighted by Crippen LogP contribution is 2.17. The number of anilines is 2. The van der Waals surface area contributed by atoms with Crippen LogP contribution in [0.15, 0.2) is 34.0 Å². The molecule has 0 bridgehead atoms. The number of benzene rings is 1. The largest absolute Gasteiger partial charge is 0.378 e. The van der Waals surface area contributed by atoms with Gasteiger partial charge in [0.2, 0.25) is 11.6 Å². The van der Waals surface area contributed by atoms with Gasteiger partial charge in [-0.15, -0.1) is 5.10 Å². The van der Waals surface area contributed by atoms with Crippen molar-refractivity contribution in [1.29, 1.82) is 0 Å². The van der Waals surface area contributed by atoms with Crippen LogP contribution in [0.25, 0.3) is 5.82 Å². The number of amides is 1. The molecular weight excluding hydrogens is 362 g/mol. The Kier molecular flexibility index (Phi) is 5.63. The molecule has 28 heavy (non-hydrogen) atoms. The lowest BCUT2D eigenvalue weighted by molar-refractivity contribution is 0.0949. The zero-order valence-electron chi connectivity index (χ0n) is 15.8. The van der Waals surface area contributed by atoms with Crippen LogP contribution in [0.1, 0.15) is 35.1 Å². The summed E-state index contributed by atoms with van der Waals surface area (Å²) in [6.07, 6.45) is 2.86. The predicted octanol–water partition coefficient (Wildman–Crippen LogP) is 1.01. The summed E-state index contributed by atoms with van der Waals surface area (Å²) in [6, 6.07) is 7.74. The third-order valence-corrected chi connectivity index (χ3v) is 3.95. The Morgan fingerprint density at radius 2 is 2.07 bits per heavy atom. The van der Waals surface area contributed by atoms with Gasteiger partial charge in [0.25, 0.3) is 5.91 Å². The van der Waals surface area contributed by atoms with Crippen molar-refractivity contribution in [1.82, 2.24) is 30.7 Å². The van der Waals surface area contributed by atoms with E-state index in [9.17, 15) is 4.79 Å². The lowest BCUT2D eigenvalue weighted by Crippen LogP contribution is -2.20. The first-order valence-electron chi connectivity index (χ1n) is 8.65. The highest BCUT2D eigenvalue weighted by Gasteiger charge is 2.23. The van der Waals surface area contributed by atoms with Crippen LogP contribution in [0.4, 0.5) is 11.5 Å². The fourth-order valence-corrected chi connectivity index (χ4v) is 2.52. The van der Waals surface area contributed by atoms with Crippen molar-refractivity contribution in [3.05, 3.63) is 41.2 Å². The molecule has 1 aromatic carbocycles. The number of nitrogens with zero attached hydrogens (tertiary/aromatic N) is 7. The second-order valence-electron chi connectivity index (χ2n) is 6.20. The van der Waals surface area contributed by atoms with Gasteiger partial charge >= 0.3 is 0 Å². The topological polar surface area (TPSA) is 140 Å². The van der Waals surface area contributed by atoms with Gasteiger partial charge in [0.15, 0.2) is 5.69 Å². The average Bonchev–Trinajstić information content (AvgIpc) is 3.28. The molecule has 0 fully saturated rings. The molecule has 3 rings (SSSR count). The maximum Gasteiger partial charge on any atom is 0.293 e. The SMILES string of the molecule is CCCc1c(C(=O)N/N=C/c2ccc(N(C)C)cc2)nnn1-c1nonc1N. The summed E-state index contributed by atoms with van der Waals surface area (Å²) < 4.78 is 5.95. The van der Waals surface area contributed by atoms with Crippen molar-refractivity contribution in [3.63, 3.8) is 0 Å². The van der Waals surface area contributed by atoms with Crippen molar-refractivity contribution >= 4 is 23.6 Å². The van der Waals surface area contributed by atoms with E-state index in [2.05, 4.69) is 35.8 Å². The smallest absolute Gasteiger partial charge is 0.293 e. The summed E-state index contributed by atoms with van der Waals surface area (Å²) in [5.74, 6) is -0.223. The molecule has 11 heteroatoms. The van der Waals surface area contributed by atoms with Crippen LogP contribution >= 0.6 is 0 Å². The van der Waals surface area contributed by atoms with Gasteiger partial charge in [-0.3, -0.25) is 4.79 Å². The Hall–Kier alpha value is -3.76. The number of nitrogens with two attached hydrogens (primary N) is 1. The van der Waals surface area contributed by atoms with Gasteiger partial charge < -0.3 is 10.6 Å². The van der Waals surface area contributed by atoms with Crippen LogP contribution in [-0.2, 0) is 6.42 Å². The number of carbonyl (C=O) groups is 1. The average molecular weight is 383 g/mol. The predicted molar refractivity (Wildman–Crippen MR) is 103 cm³/mol. The van der Waals surface area contributed by atoms with E-state index in [1.165, 1.54) is 4.68 Å². The van der Waals surface area contributed by atoms with E-state index in [1.807, 2.05) is 50.2 Å². The molecule has 0 radical (unpaired) electrons. The van der Waals surface area contributed by atoms with Crippen molar-refractivity contribution in [3.8, 4) is 5.82 Å². The van der Waals surface area contributed by atoms with E-state index in [-0.39, 0.29) is 17.3 Å². The molecule has 0 unspecified atom stereocenters. The third-order valence-electron chi connectivity index (χ3n) is 3.95. The number of hydrogen-bond acceptors (Lipinski definition) is 9. The molecule has 0 aliphatic carbocycles. The highest BCUT2D eigenvalue weighted by molar-refractivity contribution is 5.94. The van der Waals surface area contributed by atoms with E-state index < -0.39 is 5.91 Å². The molecular formula is C17H21N9O2. The summed E-state index contributed by atoms with van der Waals surface area (Å²) in [5.41, 5.74) is 10.8. The lowest BCUT2D eigenvalue weighted by Gasteiger charge is -2.11. The van der Waals surface area contributed by atoms with Gasteiger partial charge in [0.05, 0.1) is 11.9 Å². The Morgan fingerprint density at radius 1 is 1.32 bits per heavy atom. The third kappa shape index (κ3) is 3.98. The fourth-order valence-electron chi connectivity index (χ4n) is 2.52. The summed E-state index contributed by atoms with van der Waals surface area (Å²) >= 11 is 0. The van der Waals surface area contributed by atoms with Gasteiger partial charge in [-0.05, 0) is 34.4 Å². The molecule has 0 aliphatic rings. The maximum atomic E-state index is 12.5. The number of hydrazone groups is 1. The molecule has 0 saturated carbocycles. The normalized spacial score (nSPS) is 11.1. The van der Waals surface area contributed by atoms with E-state index in [1.54, 1.807) is 6.21 Å². The number of aromatic nitrogens is 5. The molecule has 146 valence electrons. The number of hydrogen-bond donors (Lipinski definition) is 2. The first kappa shape index (κ1) is 19.0. The van der Waals surface area contributed by atoms with Gasteiger partial charge in [-0.2, -0.15) is 9.78 Å². The van der Waals surface area contributed by atoms with Crippen molar-refractivity contribution < 1.29 is 9.42 Å². The Balaban J connectivity index is 1.75. The fraction of sp³-hybridized carbons (Fsp3) is 0.294. The molecule has 0 saturated heterocycles. The van der Waals surface area contributed by atoms with E-state index in [0.717, 1.165) is 17.7 Å². The quantitative estimate of drug-likeness (QED) is 0.455. The zero-order chi connectivity index (χ0) is 20.1. The van der Waals surface area contributed by atoms with Gasteiger partial charge in [0.1, 0.15) is 0 Å². The molecule has 2 aromatic heterocycles. The minimum absolute atomic E-state index is 0.0633. The molecule has 0 aliphatic heterocycles. The van der Waals surface area contributed by atoms with Crippen molar-refractivity contribution in [2.24, 2.45) is 5.10 Å². The molecule has 1 amide bonds. The number of nitrogens with one attached hydrogen (secondary N) is 1. The molecule has 11 nitrogen and oxygen atoms in total. The first-order chi connectivity index (χ1) is 13.5. The van der Waals surface area contributed by atoms with Crippen LogP contribution in [0, 0.1) is 0 Å². The highest BCUT2D eigenvalue weighted by atomic mass is 16.6. The first-order valence-corrected chi connectivity index (χ1v) is 8.65. The van der Waals surface area contributed by atoms with Crippen LogP contribution in [0.3, 0.4) is 0 Å². The maximum absolute atomic E-state index is 12.5. The van der Waals surface area contributed by atoms with E-state index in [4.69, 9.17) is 5.73 Å². The minimum atomic E-state index is -0.481. The van der Waals surface area contributed by atoms with Gasteiger partial charge in [-0.25, -0.2) is 10.1 Å². The second-order valence-corrected chi connectivity index (χ2v) is 6.20. The molecule has 0 spiro atoms. The summed E-state index contributed by atoms with van der Waals surface area (Å²) in [7, 11) is 3.93. The van der Waals surface area contributed by atoms with Crippen molar-refractivity contribution in [2.75, 3.05) is 24.7 Å². The summed E-state index contributed by atoms with van der Waals surface area (Å²) in [5, 5.41) is 19.1. The Morgan fingerprint density at radius 3 is 2.68 bits per heavy atom. The van der Waals surface area contributed by atoms with Gasteiger partial charge in [-0.1, -0.05) is 30.7 Å². The number of carbonyl (C=O) groups excluding carboxylic acids is 1. The molecule has 3 aromatic rings. The lowest BCUT2D eigenvalue weighted by atomic mass is 10.2. The van der Waals surface area contributed by atoms with E-state index >= 15 is 0 Å². The molecule has 0 atom stereocenters. The summed E-state index contributed by atoms with van der Waals surface area (Å²) in [4.78, 5) is 14.5. The monoisotopic (exact) mass is 383 g/mol.